The van der Waals surface area contributed by atoms with Crippen LogP contribution in [0.2, 0.25) is 0 Å². The summed E-state index contributed by atoms with van der Waals surface area (Å²) in [6, 6.07) is -2.16. The van der Waals surface area contributed by atoms with Gasteiger partial charge < -0.3 is 26.6 Å². The molecule has 0 aromatic heterocycles. The molecule has 0 aliphatic heterocycles. The summed E-state index contributed by atoms with van der Waals surface area (Å²) in [5, 5.41) is 21.9. The number of carboxylic acids is 2. The van der Waals surface area contributed by atoms with E-state index in [2.05, 4.69) is 10.6 Å². The highest BCUT2D eigenvalue weighted by atomic mass is 18.2. The number of nitrogens with two attached hydrogens (primary N) is 1. The quantitative estimate of drug-likeness (QED) is 0.275. The van der Waals surface area contributed by atoms with Gasteiger partial charge in [0, 0.05) is 18.8 Å². The topological polar surface area (TPSA) is 176 Å². The summed E-state index contributed by atoms with van der Waals surface area (Å²) in [4.78, 5) is 58.0. The number of nitrogens with one attached hydrogen (secondary N) is 2. The van der Waals surface area contributed by atoms with Crippen LogP contribution in [0.25, 0.3) is 0 Å². The van der Waals surface area contributed by atoms with Crippen LogP contribution in [0.15, 0.2) is 0 Å². The molecule has 11 heteroatoms. The Balaban J connectivity index is 5.33. The van der Waals surface area contributed by atoms with E-state index in [1.54, 1.807) is 0 Å². The lowest BCUT2D eigenvalue weighted by Crippen LogP contribution is -2.48. The molecule has 0 rings (SSSR count). The third kappa shape index (κ3) is 11.2. The first-order chi connectivity index (χ1) is 12.7. The Morgan fingerprint density at radius 1 is 1.07 bits per heavy atom. The Bertz CT molecular complexity index is 602. The van der Waals surface area contributed by atoms with Crippen molar-refractivity contribution >= 4 is 29.5 Å². The predicted octanol–water partition coefficient (Wildman–Crippen LogP) is -0.402. The Morgan fingerprint density at radius 3 is 2.07 bits per heavy atom. The van der Waals surface area contributed by atoms with E-state index in [4.69, 9.17) is 15.9 Å². The Hall–Kier alpha value is -2.56. The van der Waals surface area contributed by atoms with E-state index < -0.39 is 72.6 Å². The van der Waals surface area contributed by atoms with Crippen molar-refractivity contribution in [1.29, 1.82) is 0 Å². The van der Waals surface area contributed by atoms with Gasteiger partial charge in [0.2, 0.25) is 11.8 Å². The Morgan fingerprint density at radius 2 is 1.64 bits per heavy atom. The molecule has 0 aromatic carbocycles. The fraction of sp³-hybridized carbons (Fsp3) is 0.706. The van der Waals surface area contributed by atoms with Gasteiger partial charge in [-0.1, -0.05) is 0 Å². The minimum atomic E-state index is -1.82. The van der Waals surface area contributed by atoms with Crippen molar-refractivity contribution < 1.29 is 38.6 Å². The van der Waals surface area contributed by atoms with Crippen molar-refractivity contribution in [3.8, 4) is 0 Å². The molecule has 0 saturated heterocycles. The SMILES string of the molecule is C[C@H](N)C(=O)N[C@@H](CCC(=O)O)C(=O)C[C@@H](CC(C)(C)[18F])C(=O)NCC(=O)O. The number of alkyl halides is 1. The summed E-state index contributed by atoms with van der Waals surface area (Å²) in [5.74, 6) is -5.85. The number of hydrogen-bond acceptors (Lipinski definition) is 6. The van der Waals surface area contributed by atoms with Gasteiger partial charge in [0.05, 0.1) is 12.1 Å². The van der Waals surface area contributed by atoms with Crippen LogP contribution in [0.5, 0.6) is 0 Å². The summed E-state index contributed by atoms with van der Waals surface area (Å²) in [5.41, 5.74) is 3.61. The number of halogens is 1. The number of Topliss-reactive ketones (excluding diaryl/α,β-unsaturated/α-hetero) is 1. The number of hydrogen-bond donors (Lipinski definition) is 5. The summed E-state index contributed by atoms with van der Waals surface area (Å²) in [6.45, 7) is 3.09. The lowest BCUT2D eigenvalue weighted by atomic mass is 9.87. The maximum absolute atomic E-state index is 14.0. The first kappa shape index (κ1) is 25.4. The minimum absolute atomic E-state index is 0.227. The smallest absolute Gasteiger partial charge is 0.322 e. The Labute approximate surface area is 162 Å². The zero-order chi connectivity index (χ0) is 22.1. The van der Waals surface area contributed by atoms with Crippen molar-refractivity contribution in [2.75, 3.05) is 6.54 Å². The van der Waals surface area contributed by atoms with Gasteiger partial charge in [-0.05, 0) is 33.6 Å². The molecule has 0 bridgehead atoms. The van der Waals surface area contributed by atoms with Crippen LogP contribution in [-0.4, -0.2) is 64.0 Å². The highest BCUT2D eigenvalue weighted by Crippen LogP contribution is 2.24. The third-order valence-electron chi connectivity index (χ3n) is 3.73. The van der Waals surface area contributed by atoms with Crippen molar-refractivity contribution in [2.24, 2.45) is 11.7 Å². The van der Waals surface area contributed by atoms with Crippen molar-refractivity contribution in [1.82, 2.24) is 10.6 Å². The zero-order valence-electron chi connectivity index (χ0n) is 16.2. The van der Waals surface area contributed by atoms with Gasteiger partial charge in [0.25, 0.3) is 0 Å². The molecule has 6 N–H and O–H groups in total. The van der Waals surface area contributed by atoms with E-state index in [0.717, 1.165) is 0 Å². The van der Waals surface area contributed by atoms with Gasteiger partial charge in [-0.3, -0.25) is 24.0 Å². The molecule has 0 spiro atoms. The van der Waals surface area contributed by atoms with Gasteiger partial charge in [-0.2, -0.15) is 0 Å². The molecule has 0 fully saturated rings. The van der Waals surface area contributed by atoms with Gasteiger partial charge in [0.15, 0.2) is 5.78 Å². The van der Waals surface area contributed by atoms with Crippen molar-refractivity contribution in [3.63, 3.8) is 0 Å². The molecule has 3 atom stereocenters. The standard InChI is InChI=1S/C17H28FN3O7/c1-9(19)15(27)21-11(4-5-13(23)24)12(22)6-10(7-17(2,3)18)16(28)20-8-14(25)26/h9-11H,4-8,19H2,1-3H3,(H,20,28)(H,21,27)(H,23,24)(H,25,26)/t9-,10-,11-/m0/s1/i18-1. The number of amides is 2. The number of carbonyl (C=O) groups is 5. The number of ketones is 1. The first-order valence-corrected chi connectivity index (χ1v) is 8.71. The van der Waals surface area contributed by atoms with E-state index in [9.17, 15) is 28.4 Å². The molecule has 160 valence electrons. The second kappa shape index (κ2) is 11.3. The van der Waals surface area contributed by atoms with Crippen LogP contribution in [0.1, 0.15) is 46.5 Å². The summed E-state index contributed by atoms with van der Waals surface area (Å²) in [7, 11) is 0. The summed E-state index contributed by atoms with van der Waals surface area (Å²) in [6.07, 6.45) is -1.51. The largest absolute Gasteiger partial charge is 0.481 e. The van der Waals surface area contributed by atoms with Crippen LogP contribution in [0, 0.1) is 5.92 Å². The minimum Gasteiger partial charge on any atom is -0.481 e. The predicted molar refractivity (Wildman–Crippen MR) is 96.0 cm³/mol. The molecule has 28 heavy (non-hydrogen) atoms. The van der Waals surface area contributed by atoms with Crippen LogP contribution in [0.3, 0.4) is 0 Å². The van der Waals surface area contributed by atoms with Gasteiger partial charge in [0.1, 0.15) is 12.2 Å². The third-order valence-corrected chi connectivity index (χ3v) is 3.73. The summed E-state index contributed by atoms with van der Waals surface area (Å²) >= 11 is 0. The fourth-order valence-corrected chi connectivity index (χ4v) is 2.42. The molecule has 2 amide bonds. The van der Waals surface area contributed by atoms with Crippen LogP contribution >= 0.6 is 0 Å². The molecule has 0 aliphatic carbocycles. The maximum atomic E-state index is 14.0. The molecule has 0 aromatic rings. The van der Waals surface area contributed by atoms with E-state index in [1.807, 2.05) is 0 Å². The molecular weight excluding hydrogens is 376 g/mol. The van der Waals surface area contributed by atoms with Crippen LogP contribution in [-0.2, 0) is 24.0 Å². The fourth-order valence-electron chi connectivity index (χ4n) is 2.42. The molecule has 0 heterocycles. The normalized spacial score (nSPS) is 14.5. The molecule has 0 aliphatic rings. The lowest BCUT2D eigenvalue weighted by Gasteiger charge is -2.24. The van der Waals surface area contributed by atoms with Gasteiger partial charge >= 0.3 is 11.9 Å². The number of aliphatic carboxylic acids is 2. The first-order valence-electron chi connectivity index (χ1n) is 8.71. The zero-order valence-corrected chi connectivity index (χ0v) is 16.2. The van der Waals surface area contributed by atoms with E-state index in [1.165, 1.54) is 20.8 Å². The Kier molecular flexibility index (Phi) is 10.3. The summed E-state index contributed by atoms with van der Waals surface area (Å²) < 4.78 is 14.0. The second-order valence-electron chi connectivity index (χ2n) is 7.18. The molecule has 0 saturated carbocycles. The lowest BCUT2D eigenvalue weighted by molar-refractivity contribution is -0.139. The molecule has 10 nitrogen and oxygen atoms in total. The van der Waals surface area contributed by atoms with Gasteiger partial charge in [-0.25, -0.2) is 4.39 Å². The number of rotatable bonds is 13. The van der Waals surface area contributed by atoms with Gasteiger partial charge in [-0.15, -0.1) is 0 Å². The average molecular weight is 404 g/mol. The van der Waals surface area contributed by atoms with E-state index >= 15 is 0 Å². The van der Waals surface area contributed by atoms with Crippen LogP contribution < -0.4 is 16.4 Å². The number of carbonyl (C=O) groups excluding carboxylic acids is 3. The monoisotopic (exact) mass is 404 g/mol. The van der Waals surface area contributed by atoms with E-state index in [0.29, 0.717) is 0 Å². The second-order valence-corrected chi connectivity index (χ2v) is 7.18. The molecule has 0 unspecified atom stereocenters. The highest BCUT2D eigenvalue weighted by Gasteiger charge is 2.32. The van der Waals surface area contributed by atoms with Crippen LogP contribution in [0.4, 0.5) is 4.39 Å². The van der Waals surface area contributed by atoms with E-state index in [-0.39, 0.29) is 12.8 Å². The molecule has 0 radical (unpaired) electrons. The van der Waals surface area contributed by atoms with Crippen molar-refractivity contribution in [2.45, 2.75) is 64.2 Å². The average Bonchev–Trinajstić information content (AvgIpc) is 2.53. The van der Waals surface area contributed by atoms with Crippen molar-refractivity contribution in [3.05, 3.63) is 0 Å². The maximum Gasteiger partial charge on any atom is 0.322 e. The highest BCUT2D eigenvalue weighted by molar-refractivity contribution is 5.94. The molecular formula is C17H28FN3O7. The number of carboxylic acid groups (broad SMARTS) is 2.